The molecule has 3 fully saturated rings. The van der Waals surface area contributed by atoms with Crippen molar-refractivity contribution in [3.8, 4) is 0 Å². The first-order valence-electron chi connectivity index (χ1n) is 11.8. The molecule has 1 N–H and O–H groups in total. The Morgan fingerprint density at radius 3 is 2.76 bits per heavy atom. The van der Waals surface area contributed by atoms with E-state index < -0.39 is 35.6 Å². The molecule has 2 bridgehead atoms. The molecule has 8 nitrogen and oxygen atoms in total. The number of nitrogens with zero attached hydrogens (tertiary/aromatic N) is 2. The molecular formula is C24H35BrN2O6. The molecule has 1 spiro atoms. The van der Waals surface area contributed by atoms with Crippen LogP contribution in [0.15, 0.2) is 25.3 Å². The van der Waals surface area contributed by atoms with Crippen molar-refractivity contribution < 1.29 is 29.0 Å². The van der Waals surface area contributed by atoms with Gasteiger partial charge in [-0.2, -0.15) is 0 Å². The third-order valence-corrected chi connectivity index (χ3v) is 7.74. The van der Waals surface area contributed by atoms with E-state index in [1.165, 1.54) is 4.90 Å². The SMILES string of the molecule is C=CCCOC(=O)[C@H]1[C@@H]2OC3(CC2Br)C(C(=O)N(CC=C)CCCCC)N(CCO)C(=O)[C@H]13. The van der Waals surface area contributed by atoms with Crippen LogP contribution in [0.3, 0.4) is 0 Å². The molecule has 0 aromatic rings. The first-order chi connectivity index (χ1) is 15.9. The first kappa shape index (κ1) is 25.9. The minimum Gasteiger partial charge on any atom is -0.465 e. The van der Waals surface area contributed by atoms with Gasteiger partial charge >= 0.3 is 5.97 Å². The lowest BCUT2D eigenvalue weighted by atomic mass is 9.70. The Labute approximate surface area is 204 Å². The van der Waals surface area contributed by atoms with E-state index in [-0.39, 0.29) is 36.4 Å². The largest absolute Gasteiger partial charge is 0.465 e. The van der Waals surface area contributed by atoms with Crippen LogP contribution in [0.25, 0.3) is 0 Å². The Morgan fingerprint density at radius 2 is 2.12 bits per heavy atom. The first-order valence-corrected chi connectivity index (χ1v) is 12.7. The average Bonchev–Trinajstić information content (AvgIpc) is 3.37. The van der Waals surface area contributed by atoms with E-state index in [2.05, 4.69) is 36.0 Å². The van der Waals surface area contributed by atoms with Crippen LogP contribution in [0, 0.1) is 11.8 Å². The monoisotopic (exact) mass is 526 g/mol. The predicted octanol–water partition coefficient (Wildman–Crippen LogP) is 2.05. The molecule has 0 saturated carbocycles. The average molecular weight is 527 g/mol. The number of halogens is 1. The molecule has 3 aliphatic heterocycles. The van der Waals surface area contributed by atoms with Crippen LogP contribution in [0.5, 0.6) is 0 Å². The minimum atomic E-state index is -1.13. The lowest BCUT2D eigenvalue weighted by Crippen LogP contribution is -2.57. The molecule has 3 rings (SSSR count). The van der Waals surface area contributed by atoms with Crippen molar-refractivity contribution in [3.63, 3.8) is 0 Å². The number of aliphatic hydroxyl groups is 1. The summed E-state index contributed by atoms with van der Waals surface area (Å²) in [6.07, 6.45) is 6.57. The van der Waals surface area contributed by atoms with Crippen molar-refractivity contribution >= 4 is 33.7 Å². The fraction of sp³-hybridized carbons (Fsp3) is 0.708. The molecule has 33 heavy (non-hydrogen) atoms. The molecule has 3 aliphatic rings. The Kier molecular flexibility index (Phi) is 8.75. The van der Waals surface area contributed by atoms with Crippen LogP contribution in [0.2, 0.25) is 0 Å². The van der Waals surface area contributed by atoms with E-state index in [4.69, 9.17) is 9.47 Å². The highest BCUT2D eigenvalue weighted by Crippen LogP contribution is 2.60. The van der Waals surface area contributed by atoms with Crippen molar-refractivity contribution in [2.75, 3.05) is 32.8 Å². The number of hydrogen-bond acceptors (Lipinski definition) is 6. The standard InChI is InChI=1S/C24H35BrN2O6/c1-4-7-9-11-26(10-6-3)22(30)20-24-15-16(25)19(33-24)17(23(31)32-14-8-5-2)18(24)21(29)27(20)12-13-28/h5-6,16-20,28H,2-4,7-15H2,1H3/t16?,17-,18+,19-,20?,24?/m1/s1. The van der Waals surface area contributed by atoms with E-state index in [0.717, 1.165) is 19.3 Å². The van der Waals surface area contributed by atoms with Gasteiger partial charge < -0.3 is 24.4 Å². The van der Waals surface area contributed by atoms with Gasteiger partial charge in [0.25, 0.3) is 0 Å². The normalized spacial score (nSPS) is 32.0. The van der Waals surface area contributed by atoms with Crippen LogP contribution in [-0.2, 0) is 23.9 Å². The summed E-state index contributed by atoms with van der Waals surface area (Å²) in [4.78, 5) is 43.4. The summed E-state index contributed by atoms with van der Waals surface area (Å²) in [7, 11) is 0. The summed E-state index contributed by atoms with van der Waals surface area (Å²) < 4.78 is 11.8. The number of fused-ring (bicyclic) bond motifs is 1. The Hall–Kier alpha value is -1.71. The Balaban J connectivity index is 1.94. The number of unbranched alkanes of at least 4 members (excludes halogenated alkanes) is 2. The zero-order valence-electron chi connectivity index (χ0n) is 19.3. The zero-order chi connectivity index (χ0) is 24.2. The summed E-state index contributed by atoms with van der Waals surface area (Å²) in [5, 5.41) is 9.67. The number of carbonyl (C=O) groups excluding carboxylic acids is 3. The summed E-state index contributed by atoms with van der Waals surface area (Å²) in [6, 6.07) is -0.903. The number of esters is 1. The van der Waals surface area contributed by atoms with E-state index in [9.17, 15) is 19.5 Å². The second-order valence-corrected chi connectivity index (χ2v) is 10.1. The third-order valence-electron chi connectivity index (χ3n) is 6.90. The topological polar surface area (TPSA) is 96.4 Å². The minimum absolute atomic E-state index is 0.00356. The van der Waals surface area contributed by atoms with Crippen LogP contribution < -0.4 is 0 Å². The number of ether oxygens (including phenoxy) is 2. The van der Waals surface area contributed by atoms with E-state index in [0.29, 0.717) is 25.9 Å². The van der Waals surface area contributed by atoms with Gasteiger partial charge in [0, 0.05) is 24.5 Å². The van der Waals surface area contributed by atoms with Crippen LogP contribution >= 0.6 is 15.9 Å². The maximum absolute atomic E-state index is 13.9. The predicted molar refractivity (Wildman–Crippen MR) is 127 cm³/mol. The highest BCUT2D eigenvalue weighted by Gasteiger charge is 2.77. The van der Waals surface area contributed by atoms with Crippen molar-refractivity contribution in [1.29, 1.82) is 0 Å². The maximum atomic E-state index is 13.9. The fourth-order valence-corrected chi connectivity index (χ4v) is 6.48. The molecule has 0 aromatic carbocycles. The van der Waals surface area contributed by atoms with E-state index in [1.807, 2.05) is 0 Å². The fourth-order valence-electron chi connectivity index (χ4n) is 5.54. The van der Waals surface area contributed by atoms with Gasteiger partial charge in [-0.3, -0.25) is 14.4 Å². The van der Waals surface area contributed by atoms with E-state index in [1.54, 1.807) is 17.1 Å². The molecule has 3 heterocycles. The molecule has 6 atom stereocenters. The van der Waals surface area contributed by atoms with Crippen molar-refractivity contribution in [1.82, 2.24) is 9.80 Å². The van der Waals surface area contributed by atoms with Crippen LogP contribution in [0.1, 0.15) is 39.0 Å². The van der Waals surface area contributed by atoms with Gasteiger partial charge in [0.05, 0.1) is 31.2 Å². The van der Waals surface area contributed by atoms with Crippen molar-refractivity contribution in [2.24, 2.45) is 11.8 Å². The molecule has 2 amide bonds. The Morgan fingerprint density at radius 1 is 1.36 bits per heavy atom. The quantitative estimate of drug-likeness (QED) is 0.171. The molecule has 184 valence electrons. The van der Waals surface area contributed by atoms with Gasteiger partial charge in [-0.05, 0) is 19.3 Å². The molecule has 0 aliphatic carbocycles. The molecule has 0 aromatic heterocycles. The molecule has 3 unspecified atom stereocenters. The highest BCUT2D eigenvalue weighted by atomic mass is 79.9. The number of aliphatic hydroxyl groups excluding tert-OH is 1. The van der Waals surface area contributed by atoms with Gasteiger partial charge in [0.1, 0.15) is 11.6 Å². The number of likely N-dealkylation sites (tertiary alicyclic amines) is 1. The zero-order valence-corrected chi connectivity index (χ0v) is 20.9. The Bertz CT molecular complexity index is 776. The summed E-state index contributed by atoms with van der Waals surface area (Å²) in [5.74, 6) is -2.66. The molecule has 9 heteroatoms. The second-order valence-electron chi connectivity index (χ2n) is 8.94. The number of carbonyl (C=O) groups is 3. The summed E-state index contributed by atoms with van der Waals surface area (Å²) in [5.41, 5.74) is -1.13. The number of hydrogen-bond donors (Lipinski definition) is 1. The second kappa shape index (κ2) is 11.1. The molecular weight excluding hydrogens is 492 g/mol. The van der Waals surface area contributed by atoms with Crippen LogP contribution in [0.4, 0.5) is 0 Å². The summed E-state index contributed by atoms with van der Waals surface area (Å²) in [6.45, 7) is 10.3. The van der Waals surface area contributed by atoms with Crippen molar-refractivity contribution in [2.45, 2.75) is 61.6 Å². The lowest BCUT2D eigenvalue weighted by molar-refractivity contribution is -0.155. The summed E-state index contributed by atoms with van der Waals surface area (Å²) >= 11 is 3.62. The number of amides is 2. The van der Waals surface area contributed by atoms with Gasteiger partial charge in [-0.15, -0.1) is 13.2 Å². The van der Waals surface area contributed by atoms with Gasteiger partial charge in [-0.25, -0.2) is 0 Å². The number of β-amino-alcohol motifs (C(OH)–C–C–N with tert-alkyl or cyclic N) is 1. The number of rotatable bonds is 13. The van der Waals surface area contributed by atoms with Crippen molar-refractivity contribution in [3.05, 3.63) is 25.3 Å². The molecule has 0 radical (unpaired) electrons. The van der Waals surface area contributed by atoms with Gasteiger partial charge in [-0.1, -0.05) is 47.8 Å². The maximum Gasteiger partial charge on any atom is 0.312 e. The van der Waals surface area contributed by atoms with Gasteiger partial charge in [0.2, 0.25) is 11.8 Å². The lowest BCUT2D eigenvalue weighted by Gasteiger charge is -2.37. The van der Waals surface area contributed by atoms with Gasteiger partial charge in [0.15, 0.2) is 0 Å². The van der Waals surface area contributed by atoms with E-state index >= 15 is 0 Å². The highest BCUT2D eigenvalue weighted by molar-refractivity contribution is 9.09. The molecule has 3 saturated heterocycles. The van der Waals surface area contributed by atoms with Crippen LogP contribution in [-0.4, -0.2) is 88.1 Å². The smallest absolute Gasteiger partial charge is 0.312 e. The number of alkyl halides is 1. The third kappa shape index (κ3) is 4.64.